The Morgan fingerprint density at radius 3 is 2.55 bits per heavy atom. The van der Waals surface area contributed by atoms with Gasteiger partial charge in [-0.2, -0.15) is 0 Å². The predicted octanol–water partition coefficient (Wildman–Crippen LogP) is 5.67. The largest absolute Gasteiger partial charge is 0.497 e. The van der Waals surface area contributed by atoms with Gasteiger partial charge < -0.3 is 19.5 Å². The van der Waals surface area contributed by atoms with Gasteiger partial charge in [0.2, 0.25) is 0 Å². The van der Waals surface area contributed by atoms with Gasteiger partial charge in [-0.1, -0.05) is 18.2 Å². The maximum absolute atomic E-state index is 5.86. The fraction of sp³-hybridized carbons (Fsp3) is 0.185. The number of aryl methyl sites for hydroxylation is 2. The molecule has 0 amide bonds. The third-order valence-electron chi connectivity index (χ3n) is 6.28. The predicted molar refractivity (Wildman–Crippen MR) is 136 cm³/mol. The average molecular weight is 455 g/mol. The standard InChI is InChI=1S/C27H26N4OS/c1-18-12-13-20(16-19(18)2)30-15-7-11-24(30)26-25(23-10-4-5-14-28-23)29-27(33)31(26)21-8-6-9-22(17-21)32-3/h4-17,25-26H,1-3H3,(H,29,33)/t25-,26-/m0/s1. The van der Waals surface area contributed by atoms with E-state index in [1.54, 1.807) is 7.11 Å². The first kappa shape index (κ1) is 21.2. The van der Waals surface area contributed by atoms with Crippen LogP contribution in [0, 0.1) is 13.8 Å². The Morgan fingerprint density at radius 1 is 0.909 bits per heavy atom. The molecule has 1 fully saturated rings. The maximum atomic E-state index is 5.86. The van der Waals surface area contributed by atoms with Gasteiger partial charge in [0.15, 0.2) is 5.11 Å². The first-order valence-electron chi connectivity index (χ1n) is 11.0. The fourth-order valence-electron chi connectivity index (χ4n) is 4.44. The Kier molecular flexibility index (Phi) is 5.60. The van der Waals surface area contributed by atoms with Gasteiger partial charge in [-0.15, -0.1) is 0 Å². The highest BCUT2D eigenvalue weighted by atomic mass is 32.1. The first-order chi connectivity index (χ1) is 16.1. The maximum Gasteiger partial charge on any atom is 0.174 e. The number of nitrogens with zero attached hydrogens (tertiary/aromatic N) is 3. The molecule has 2 atom stereocenters. The monoisotopic (exact) mass is 454 g/mol. The molecular formula is C27H26N4OS. The number of pyridine rings is 1. The highest BCUT2D eigenvalue weighted by molar-refractivity contribution is 7.80. The zero-order valence-electron chi connectivity index (χ0n) is 18.9. The molecule has 5 rings (SSSR count). The molecule has 5 nitrogen and oxygen atoms in total. The molecule has 1 saturated heterocycles. The quantitative estimate of drug-likeness (QED) is 0.393. The first-order valence-corrected chi connectivity index (χ1v) is 11.4. The molecule has 0 spiro atoms. The van der Waals surface area contributed by atoms with Crippen LogP contribution in [-0.2, 0) is 0 Å². The molecule has 1 N–H and O–H groups in total. The molecule has 0 bridgehead atoms. The molecule has 0 unspecified atom stereocenters. The van der Waals surface area contributed by atoms with Crippen molar-refractivity contribution in [2.75, 3.05) is 12.0 Å². The van der Waals surface area contributed by atoms with Gasteiger partial charge in [0, 0.05) is 35.5 Å². The summed E-state index contributed by atoms with van der Waals surface area (Å²) in [6, 6.07) is 24.6. The summed E-state index contributed by atoms with van der Waals surface area (Å²) < 4.78 is 7.74. The summed E-state index contributed by atoms with van der Waals surface area (Å²) in [5, 5.41) is 4.20. The van der Waals surface area contributed by atoms with Crippen molar-refractivity contribution in [3.05, 3.63) is 108 Å². The van der Waals surface area contributed by atoms with Gasteiger partial charge in [-0.25, -0.2) is 0 Å². The van der Waals surface area contributed by atoms with Crippen LogP contribution >= 0.6 is 12.2 Å². The summed E-state index contributed by atoms with van der Waals surface area (Å²) in [6.07, 6.45) is 3.94. The topological polar surface area (TPSA) is 42.3 Å². The normalized spacial score (nSPS) is 17.8. The zero-order valence-corrected chi connectivity index (χ0v) is 19.7. The molecule has 0 radical (unpaired) electrons. The van der Waals surface area contributed by atoms with Crippen molar-refractivity contribution in [3.63, 3.8) is 0 Å². The second kappa shape index (κ2) is 8.71. The number of benzene rings is 2. The van der Waals surface area contributed by atoms with Gasteiger partial charge in [-0.05, 0) is 85.7 Å². The smallest absolute Gasteiger partial charge is 0.174 e. The third kappa shape index (κ3) is 3.87. The van der Waals surface area contributed by atoms with Crippen LogP contribution in [0.3, 0.4) is 0 Å². The zero-order chi connectivity index (χ0) is 22.9. The minimum absolute atomic E-state index is 0.101. The molecule has 1 aliphatic rings. The van der Waals surface area contributed by atoms with Crippen LogP contribution < -0.4 is 15.0 Å². The summed E-state index contributed by atoms with van der Waals surface area (Å²) in [7, 11) is 1.68. The number of ether oxygens (including phenoxy) is 1. The SMILES string of the molecule is COc1cccc(N2C(=S)N[C@@H](c3ccccn3)[C@@H]2c2cccn2-c2ccc(C)c(C)c2)c1. The van der Waals surface area contributed by atoms with Crippen molar-refractivity contribution in [1.82, 2.24) is 14.9 Å². The molecule has 3 heterocycles. The summed E-state index contributed by atoms with van der Waals surface area (Å²) in [4.78, 5) is 6.83. The lowest BCUT2D eigenvalue weighted by atomic mass is 10.0. The molecular weight excluding hydrogens is 428 g/mol. The van der Waals surface area contributed by atoms with Crippen molar-refractivity contribution >= 4 is 23.0 Å². The van der Waals surface area contributed by atoms with E-state index in [-0.39, 0.29) is 12.1 Å². The second-order valence-electron chi connectivity index (χ2n) is 8.27. The number of hydrogen-bond donors (Lipinski definition) is 1. The van der Waals surface area contributed by atoms with Gasteiger partial charge >= 0.3 is 0 Å². The van der Waals surface area contributed by atoms with E-state index in [1.165, 1.54) is 11.1 Å². The summed E-state index contributed by atoms with van der Waals surface area (Å²) in [5.74, 6) is 0.792. The number of aromatic nitrogens is 2. The Balaban J connectivity index is 1.67. The van der Waals surface area contributed by atoms with Crippen molar-refractivity contribution < 1.29 is 4.74 Å². The van der Waals surface area contributed by atoms with Gasteiger partial charge in [0.1, 0.15) is 11.8 Å². The van der Waals surface area contributed by atoms with Crippen molar-refractivity contribution in [1.29, 1.82) is 0 Å². The second-order valence-corrected chi connectivity index (χ2v) is 8.66. The highest BCUT2D eigenvalue weighted by Crippen LogP contribution is 2.42. The molecule has 166 valence electrons. The molecule has 4 aromatic rings. The van der Waals surface area contributed by atoms with Crippen molar-refractivity contribution in [2.45, 2.75) is 25.9 Å². The lowest BCUT2D eigenvalue weighted by Gasteiger charge is -2.29. The summed E-state index contributed by atoms with van der Waals surface area (Å²) >= 11 is 5.86. The molecule has 0 saturated carbocycles. The summed E-state index contributed by atoms with van der Waals surface area (Å²) in [6.45, 7) is 4.28. The van der Waals surface area contributed by atoms with E-state index >= 15 is 0 Å². The third-order valence-corrected chi connectivity index (χ3v) is 6.60. The highest BCUT2D eigenvalue weighted by Gasteiger charge is 2.42. The van der Waals surface area contributed by atoms with Crippen LogP contribution in [0.15, 0.2) is 85.2 Å². The van der Waals surface area contributed by atoms with Crippen LogP contribution in [0.4, 0.5) is 5.69 Å². The van der Waals surface area contributed by atoms with E-state index in [0.29, 0.717) is 5.11 Å². The van der Waals surface area contributed by atoms with E-state index in [1.807, 2.05) is 42.6 Å². The summed E-state index contributed by atoms with van der Waals surface area (Å²) in [5.41, 5.74) is 6.72. The number of methoxy groups -OCH3 is 1. The van der Waals surface area contributed by atoms with E-state index in [0.717, 1.165) is 28.5 Å². The van der Waals surface area contributed by atoms with Gasteiger partial charge in [0.05, 0.1) is 18.8 Å². The van der Waals surface area contributed by atoms with Gasteiger partial charge in [-0.3, -0.25) is 4.98 Å². The van der Waals surface area contributed by atoms with E-state index in [9.17, 15) is 0 Å². The number of rotatable bonds is 5. The van der Waals surface area contributed by atoms with Gasteiger partial charge in [0.25, 0.3) is 0 Å². The van der Waals surface area contributed by atoms with Crippen molar-refractivity contribution in [3.8, 4) is 11.4 Å². The van der Waals surface area contributed by atoms with Crippen molar-refractivity contribution in [2.24, 2.45) is 0 Å². The Bertz CT molecular complexity index is 1300. The molecule has 2 aromatic heterocycles. The van der Waals surface area contributed by atoms with Crippen LogP contribution in [0.2, 0.25) is 0 Å². The fourth-order valence-corrected chi connectivity index (χ4v) is 4.79. The van der Waals surface area contributed by atoms with E-state index < -0.39 is 0 Å². The average Bonchev–Trinajstić information content (AvgIpc) is 3.45. The van der Waals surface area contributed by atoms with Crippen LogP contribution in [-0.4, -0.2) is 21.8 Å². The van der Waals surface area contributed by atoms with E-state index in [4.69, 9.17) is 17.0 Å². The van der Waals surface area contributed by atoms with E-state index in [2.05, 4.69) is 76.2 Å². The number of anilines is 1. The minimum Gasteiger partial charge on any atom is -0.497 e. The molecule has 0 aliphatic carbocycles. The molecule has 33 heavy (non-hydrogen) atoms. The molecule has 2 aromatic carbocycles. The Labute approximate surface area is 199 Å². The number of thiocarbonyl (C=S) groups is 1. The minimum atomic E-state index is -0.106. The number of hydrogen-bond acceptors (Lipinski definition) is 3. The Hall–Kier alpha value is -3.64. The Morgan fingerprint density at radius 2 is 1.79 bits per heavy atom. The van der Waals surface area contributed by atoms with Crippen LogP contribution in [0.25, 0.3) is 5.69 Å². The molecule has 6 heteroatoms. The lowest BCUT2D eigenvalue weighted by molar-refractivity contribution is 0.414. The number of nitrogens with one attached hydrogen (secondary N) is 1. The van der Waals surface area contributed by atoms with Crippen LogP contribution in [0.1, 0.15) is 34.6 Å². The lowest BCUT2D eigenvalue weighted by Crippen LogP contribution is -2.30. The van der Waals surface area contributed by atoms with Crippen LogP contribution in [0.5, 0.6) is 5.75 Å². The molecule has 1 aliphatic heterocycles.